The molecule has 1 heterocycles. The molecule has 0 radical (unpaired) electrons. The summed E-state index contributed by atoms with van der Waals surface area (Å²) in [7, 11) is 0. The predicted octanol–water partition coefficient (Wildman–Crippen LogP) is 15.0. The number of aliphatic carboxylic acids is 1. The zero-order valence-electron chi connectivity index (χ0n) is 47.4. The predicted molar refractivity (Wildman–Crippen MR) is 312 cm³/mol. The Labute approximate surface area is 464 Å². The van der Waals surface area contributed by atoms with Crippen LogP contribution in [0.1, 0.15) is 201 Å². The van der Waals surface area contributed by atoms with Gasteiger partial charge in [-0.3, -0.25) is 14.4 Å². The van der Waals surface area contributed by atoms with Crippen LogP contribution in [0.4, 0.5) is 0 Å². The molecule has 0 saturated carbocycles. The molecule has 0 bridgehead atoms. The van der Waals surface area contributed by atoms with E-state index in [0.717, 1.165) is 109 Å². The molecule has 1 fully saturated rings. The maximum Gasteiger partial charge on any atom is 0.335 e. The van der Waals surface area contributed by atoms with Crippen LogP contribution in [0.15, 0.2) is 134 Å². The Bertz CT molecular complexity index is 1850. The minimum Gasteiger partial charge on any atom is -0.479 e. The Hall–Kier alpha value is -5.14. The summed E-state index contributed by atoms with van der Waals surface area (Å²) < 4.78 is 28.3. The van der Waals surface area contributed by atoms with Crippen molar-refractivity contribution in [3.63, 3.8) is 0 Å². The molecule has 0 aromatic heterocycles. The van der Waals surface area contributed by atoms with Crippen molar-refractivity contribution < 1.29 is 58.2 Å². The maximum absolute atomic E-state index is 13.1. The molecule has 1 rings (SSSR count). The van der Waals surface area contributed by atoms with Crippen molar-refractivity contribution in [3.05, 3.63) is 134 Å². The van der Waals surface area contributed by atoms with Gasteiger partial charge in [-0.05, 0) is 122 Å². The SMILES string of the molecule is CC/C=C\C/C=C\C/C=C\C/C=C\C/C=C\C/C=C\CCC(=O)OCC(COC1OC(C(=O)O)C(O)C(O)C1OC(=O)CCCC/C=C\C/C=C\C/C=C\C/C=C\CC)OC(=O)CCCCCCC/C=C\CCCCCC. The summed E-state index contributed by atoms with van der Waals surface area (Å²) in [6.07, 6.45) is 60.1. The van der Waals surface area contributed by atoms with Crippen LogP contribution in [0.3, 0.4) is 0 Å². The molecule has 0 aliphatic carbocycles. The average molecular weight is 1070 g/mol. The molecule has 0 amide bonds. The minimum absolute atomic E-state index is 0.00703. The molecule has 6 unspecified atom stereocenters. The first kappa shape index (κ1) is 69.9. The molecule has 0 spiro atoms. The number of allylic oxidation sites excluding steroid dienone is 22. The number of aliphatic hydroxyl groups is 2. The third kappa shape index (κ3) is 41.6. The number of hydrogen-bond acceptors (Lipinski definition) is 11. The van der Waals surface area contributed by atoms with Gasteiger partial charge in [0, 0.05) is 19.3 Å². The summed E-state index contributed by atoms with van der Waals surface area (Å²) in [5, 5.41) is 31.4. The molecule has 1 saturated heterocycles. The fraction of sp³-hybridized carbons (Fsp3) is 0.600. The highest BCUT2D eigenvalue weighted by molar-refractivity contribution is 5.74. The van der Waals surface area contributed by atoms with Gasteiger partial charge in [-0.1, -0.05) is 193 Å². The van der Waals surface area contributed by atoms with Gasteiger partial charge in [-0.25, -0.2) is 4.79 Å². The van der Waals surface area contributed by atoms with E-state index in [1.165, 1.54) is 25.7 Å². The summed E-state index contributed by atoms with van der Waals surface area (Å²) in [6.45, 7) is 5.63. The zero-order valence-corrected chi connectivity index (χ0v) is 47.4. The van der Waals surface area contributed by atoms with Gasteiger partial charge in [0.25, 0.3) is 0 Å². The summed E-state index contributed by atoms with van der Waals surface area (Å²) >= 11 is 0. The number of hydrogen-bond donors (Lipinski definition) is 3. The van der Waals surface area contributed by atoms with Crippen molar-refractivity contribution in [2.45, 2.75) is 237 Å². The highest BCUT2D eigenvalue weighted by atomic mass is 16.7. The van der Waals surface area contributed by atoms with Crippen LogP contribution >= 0.6 is 0 Å². The minimum atomic E-state index is -1.93. The molecule has 12 heteroatoms. The molecule has 432 valence electrons. The summed E-state index contributed by atoms with van der Waals surface area (Å²) in [5.41, 5.74) is 0. The van der Waals surface area contributed by atoms with E-state index in [-0.39, 0.29) is 25.9 Å². The van der Waals surface area contributed by atoms with Crippen molar-refractivity contribution in [3.8, 4) is 0 Å². The lowest BCUT2D eigenvalue weighted by atomic mass is 9.98. The molecule has 1 aliphatic heterocycles. The monoisotopic (exact) mass is 1070 g/mol. The van der Waals surface area contributed by atoms with E-state index in [1.807, 2.05) is 12.2 Å². The van der Waals surface area contributed by atoms with Crippen LogP contribution < -0.4 is 0 Å². The largest absolute Gasteiger partial charge is 0.479 e. The molecule has 3 N–H and O–H groups in total. The molecule has 0 aromatic rings. The van der Waals surface area contributed by atoms with Crippen LogP contribution in [0.25, 0.3) is 0 Å². The quantitative estimate of drug-likeness (QED) is 0.0228. The highest BCUT2D eigenvalue weighted by Crippen LogP contribution is 2.26. The molecule has 0 aromatic carbocycles. The van der Waals surface area contributed by atoms with Crippen LogP contribution in [-0.2, 0) is 42.9 Å². The van der Waals surface area contributed by atoms with E-state index < -0.39 is 67.3 Å². The summed E-state index contributed by atoms with van der Waals surface area (Å²) in [4.78, 5) is 51.1. The van der Waals surface area contributed by atoms with Gasteiger partial charge >= 0.3 is 23.9 Å². The van der Waals surface area contributed by atoms with Crippen molar-refractivity contribution in [2.24, 2.45) is 0 Å². The van der Waals surface area contributed by atoms with E-state index in [0.29, 0.717) is 25.7 Å². The summed E-state index contributed by atoms with van der Waals surface area (Å²) in [5.74, 6) is -3.32. The van der Waals surface area contributed by atoms with E-state index >= 15 is 0 Å². The van der Waals surface area contributed by atoms with Gasteiger partial charge in [-0.15, -0.1) is 0 Å². The van der Waals surface area contributed by atoms with Gasteiger partial charge in [0.1, 0.15) is 18.8 Å². The van der Waals surface area contributed by atoms with Crippen LogP contribution in [0.5, 0.6) is 0 Å². The lowest BCUT2D eigenvalue weighted by molar-refractivity contribution is -0.301. The number of esters is 3. The smallest absolute Gasteiger partial charge is 0.335 e. The Morgan fingerprint density at radius 2 is 0.844 bits per heavy atom. The number of ether oxygens (including phenoxy) is 5. The third-order valence-electron chi connectivity index (χ3n) is 12.2. The standard InChI is InChI=1S/C65H100O12/c1-4-7-10-13-16-19-22-25-27-28-29-30-32-34-36-39-42-45-48-51-57(66)73-54-56(75-58(67)52-49-46-43-40-37-33-24-21-18-15-12-9-6-3)55-74-65-63(61(70)60(69)62(77-65)64(71)72)76-59(68)53-50-47-44-41-38-35-31-26-23-20-17-14-11-8-5-2/h7-8,10-11,16-17,19-21,24-27,29-31,34,36,38,41-42,45,56,60-63,65,69-70H,4-6,9,12-15,18,22-23,28,32-33,35,37,39-40,43-44,46-55H2,1-3H3,(H,71,72)/b10-7-,11-8-,19-16-,20-17-,24-21-,27-25-,30-29-,31-26-,36-34-,41-38-,45-42-. The highest BCUT2D eigenvalue weighted by Gasteiger charge is 2.50. The lowest BCUT2D eigenvalue weighted by Crippen LogP contribution is -2.61. The number of carbonyl (C=O) groups excluding carboxylic acids is 3. The number of carboxylic acids is 1. The second-order valence-corrected chi connectivity index (χ2v) is 19.2. The van der Waals surface area contributed by atoms with Crippen molar-refractivity contribution >= 4 is 23.9 Å². The Balaban J connectivity index is 2.78. The lowest BCUT2D eigenvalue weighted by Gasteiger charge is -2.40. The Morgan fingerprint density at radius 3 is 1.34 bits per heavy atom. The molecular formula is C65H100O12. The van der Waals surface area contributed by atoms with Gasteiger partial charge in [0.15, 0.2) is 24.6 Å². The van der Waals surface area contributed by atoms with Crippen LogP contribution in [-0.4, -0.2) is 89.2 Å². The summed E-state index contributed by atoms with van der Waals surface area (Å²) in [6, 6.07) is 0. The van der Waals surface area contributed by atoms with Gasteiger partial charge in [0.05, 0.1) is 6.61 Å². The fourth-order valence-electron chi connectivity index (χ4n) is 7.79. The Morgan fingerprint density at radius 1 is 0.442 bits per heavy atom. The number of rotatable bonds is 47. The first-order valence-corrected chi connectivity index (χ1v) is 29.2. The topological polar surface area (TPSA) is 175 Å². The van der Waals surface area contributed by atoms with E-state index in [4.69, 9.17) is 23.7 Å². The van der Waals surface area contributed by atoms with Crippen molar-refractivity contribution in [1.82, 2.24) is 0 Å². The second kappa shape index (κ2) is 51.6. The molecular weight excluding hydrogens is 973 g/mol. The van der Waals surface area contributed by atoms with Crippen LogP contribution in [0, 0.1) is 0 Å². The van der Waals surface area contributed by atoms with Gasteiger partial charge in [0.2, 0.25) is 0 Å². The molecule has 12 nitrogen and oxygen atoms in total. The van der Waals surface area contributed by atoms with E-state index in [1.54, 1.807) is 0 Å². The number of aliphatic hydroxyl groups excluding tert-OH is 2. The molecule has 1 aliphatic rings. The number of carbonyl (C=O) groups is 4. The molecule has 77 heavy (non-hydrogen) atoms. The van der Waals surface area contributed by atoms with Crippen molar-refractivity contribution in [2.75, 3.05) is 13.2 Å². The van der Waals surface area contributed by atoms with E-state index in [9.17, 15) is 34.5 Å². The third-order valence-corrected chi connectivity index (χ3v) is 12.2. The van der Waals surface area contributed by atoms with Crippen LogP contribution in [0.2, 0.25) is 0 Å². The Kier molecular flexibility index (Phi) is 46.8. The number of unbranched alkanes of at least 4 members (excludes halogenated alkanes) is 11. The molecule has 6 atom stereocenters. The van der Waals surface area contributed by atoms with Gasteiger partial charge in [-0.2, -0.15) is 0 Å². The second-order valence-electron chi connectivity index (χ2n) is 19.2. The van der Waals surface area contributed by atoms with E-state index in [2.05, 4.69) is 142 Å². The first-order valence-electron chi connectivity index (χ1n) is 29.2. The van der Waals surface area contributed by atoms with Crippen molar-refractivity contribution in [1.29, 1.82) is 0 Å². The average Bonchev–Trinajstić information content (AvgIpc) is 3.42. The van der Waals surface area contributed by atoms with Gasteiger partial charge < -0.3 is 39.0 Å². The zero-order chi connectivity index (χ0) is 56.1. The first-order chi connectivity index (χ1) is 37.6. The number of carboxylic acid groups (broad SMARTS) is 1. The fourth-order valence-corrected chi connectivity index (χ4v) is 7.79. The normalized spacial score (nSPS) is 19.0. The maximum atomic E-state index is 13.1.